The predicted octanol–water partition coefficient (Wildman–Crippen LogP) is 5.50. The van der Waals surface area contributed by atoms with E-state index in [1.54, 1.807) is 0 Å². The van der Waals surface area contributed by atoms with Gasteiger partial charge in [-0.05, 0) is 25.2 Å². The monoisotopic (exact) mass is 270 g/mol. The van der Waals surface area contributed by atoms with E-state index in [2.05, 4.69) is 20.8 Å². The van der Waals surface area contributed by atoms with E-state index in [4.69, 9.17) is 4.74 Å². The number of hydrogen-bond acceptors (Lipinski definition) is 2. The van der Waals surface area contributed by atoms with Crippen molar-refractivity contribution in [1.82, 2.24) is 0 Å². The fourth-order valence-corrected chi connectivity index (χ4v) is 2.62. The molecule has 0 saturated carbocycles. The zero-order valence-corrected chi connectivity index (χ0v) is 13.6. The number of unbranched alkanes of at least 4 members (excludes halogenated alkanes) is 5. The fourth-order valence-electron chi connectivity index (χ4n) is 2.62. The lowest BCUT2D eigenvalue weighted by atomic mass is 9.77. The number of carbonyl (C=O) groups is 1. The predicted molar refractivity (Wildman–Crippen MR) is 82.3 cm³/mol. The zero-order chi connectivity index (χ0) is 14.6. The van der Waals surface area contributed by atoms with Gasteiger partial charge in [0, 0.05) is 0 Å². The van der Waals surface area contributed by atoms with Gasteiger partial charge in [0.25, 0.3) is 0 Å². The summed E-state index contributed by atoms with van der Waals surface area (Å²) >= 11 is 0. The summed E-state index contributed by atoms with van der Waals surface area (Å²) in [6.07, 6.45) is 11.8. The van der Waals surface area contributed by atoms with Gasteiger partial charge in [-0.15, -0.1) is 0 Å². The van der Waals surface area contributed by atoms with Gasteiger partial charge in [-0.25, -0.2) is 0 Å². The van der Waals surface area contributed by atoms with Crippen molar-refractivity contribution in [3.05, 3.63) is 0 Å². The van der Waals surface area contributed by atoms with Gasteiger partial charge < -0.3 is 4.74 Å². The Hall–Kier alpha value is -0.530. The van der Waals surface area contributed by atoms with Crippen LogP contribution in [0.15, 0.2) is 0 Å². The molecule has 0 aromatic rings. The van der Waals surface area contributed by atoms with Gasteiger partial charge in [0.15, 0.2) is 0 Å². The second-order valence-electron chi connectivity index (χ2n) is 6.06. The highest BCUT2D eigenvalue weighted by Crippen LogP contribution is 2.35. The molecule has 0 bridgehead atoms. The van der Waals surface area contributed by atoms with E-state index in [0.717, 1.165) is 12.8 Å². The topological polar surface area (TPSA) is 26.3 Å². The molecule has 0 fully saturated rings. The second kappa shape index (κ2) is 11.3. The Balaban J connectivity index is 4.13. The highest BCUT2D eigenvalue weighted by atomic mass is 16.5. The molecule has 2 nitrogen and oxygen atoms in total. The van der Waals surface area contributed by atoms with Crippen molar-refractivity contribution in [2.24, 2.45) is 5.41 Å². The molecule has 0 aliphatic rings. The average Bonchev–Trinajstić information content (AvgIpc) is 2.36. The largest absolute Gasteiger partial charge is 0.466 e. The number of ether oxygens (including phenoxy) is 1. The summed E-state index contributed by atoms with van der Waals surface area (Å²) < 4.78 is 5.12. The minimum Gasteiger partial charge on any atom is -0.466 e. The van der Waals surface area contributed by atoms with Gasteiger partial charge >= 0.3 is 5.97 Å². The molecule has 0 spiro atoms. The highest BCUT2D eigenvalue weighted by Gasteiger charge is 2.27. The van der Waals surface area contributed by atoms with Crippen molar-refractivity contribution in [1.29, 1.82) is 0 Å². The lowest BCUT2D eigenvalue weighted by molar-refractivity contribution is -0.146. The number of carbonyl (C=O) groups excluding carboxylic acids is 1. The van der Waals surface area contributed by atoms with Crippen LogP contribution in [-0.2, 0) is 9.53 Å². The van der Waals surface area contributed by atoms with Crippen molar-refractivity contribution < 1.29 is 9.53 Å². The molecule has 0 radical (unpaired) electrons. The summed E-state index contributed by atoms with van der Waals surface area (Å²) in [4.78, 5) is 11.7. The van der Waals surface area contributed by atoms with E-state index < -0.39 is 0 Å². The highest BCUT2D eigenvalue weighted by molar-refractivity contribution is 5.70. The fraction of sp³-hybridized carbons (Fsp3) is 0.941. The van der Waals surface area contributed by atoms with Crippen molar-refractivity contribution in [3.8, 4) is 0 Å². The van der Waals surface area contributed by atoms with Crippen molar-refractivity contribution >= 4 is 5.97 Å². The Kier molecular flexibility index (Phi) is 11.0. The van der Waals surface area contributed by atoms with E-state index >= 15 is 0 Å². The van der Waals surface area contributed by atoms with E-state index in [1.165, 1.54) is 44.9 Å². The first-order valence-electron chi connectivity index (χ1n) is 8.23. The molecule has 0 aromatic carbocycles. The van der Waals surface area contributed by atoms with Gasteiger partial charge in [-0.1, -0.05) is 65.7 Å². The van der Waals surface area contributed by atoms with E-state index in [0.29, 0.717) is 13.0 Å². The molecule has 2 heteroatoms. The second-order valence-corrected chi connectivity index (χ2v) is 6.06. The molecule has 1 unspecified atom stereocenters. The van der Waals surface area contributed by atoms with Crippen LogP contribution in [0.1, 0.15) is 91.9 Å². The van der Waals surface area contributed by atoms with E-state index in [1.807, 2.05) is 6.92 Å². The number of esters is 1. The van der Waals surface area contributed by atoms with Crippen LogP contribution in [0.5, 0.6) is 0 Å². The minimum atomic E-state index is -0.0188. The van der Waals surface area contributed by atoms with Crippen molar-refractivity contribution in [2.45, 2.75) is 91.9 Å². The molecule has 0 heterocycles. The minimum absolute atomic E-state index is 0.0188. The van der Waals surface area contributed by atoms with Crippen LogP contribution in [0.2, 0.25) is 0 Å². The number of rotatable bonds is 12. The maximum Gasteiger partial charge on any atom is 0.306 e. The smallest absolute Gasteiger partial charge is 0.306 e. The molecule has 0 amide bonds. The molecular formula is C17H34O2. The molecule has 0 aliphatic carbocycles. The first-order valence-corrected chi connectivity index (χ1v) is 8.23. The summed E-state index contributed by atoms with van der Waals surface area (Å²) in [6.45, 7) is 9.10. The molecule has 0 saturated heterocycles. The molecular weight excluding hydrogens is 236 g/mol. The molecule has 0 rings (SSSR count). The molecule has 0 aliphatic heterocycles. The van der Waals surface area contributed by atoms with Gasteiger partial charge in [0.1, 0.15) is 0 Å². The van der Waals surface area contributed by atoms with Crippen LogP contribution in [0.25, 0.3) is 0 Å². The first-order chi connectivity index (χ1) is 9.08. The van der Waals surface area contributed by atoms with Crippen molar-refractivity contribution in [3.63, 3.8) is 0 Å². The third kappa shape index (κ3) is 9.98. The third-order valence-electron chi connectivity index (χ3n) is 3.89. The van der Waals surface area contributed by atoms with Crippen LogP contribution in [0.4, 0.5) is 0 Å². The summed E-state index contributed by atoms with van der Waals surface area (Å²) in [5, 5.41) is 0. The molecule has 1 atom stereocenters. The van der Waals surface area contributed by atoms with Crippen LogP contribution >= 0.6 is 0 Å². The summed E-state index contributed by atoms with van der Waals surface area (Å²) in [5.74, 6) is -0.0188. The molecule has 19 heavy (non-hydrogen) atoms. The molecule has 0 aromatic heterocycles. The van der Waals surface area contributed by atoms with Gasteiger partial charge in [-0.2, -0.15) is 0 Å². The lowest BCUT2D eigenvalue weighted by Crippen LogP contribution is -2.22. The van der Waals surface area contributed by atoms with Gasteiger partial charge in [-0.3, -0.25) is 4.79 Å². The lowest BCUT2D eigenvalue weighted by Gasteiger charge is -2.28. The van der Waals surface area contributed by atoms with Crippen LogP contribution in [0.3, 0.4) is 0 Å². The van der Waals surface area contributed by atoms with E-state index in [-0.39, 0.29) is 11.4 Å². The SMILES string of the molecule is CCCCCCCC(C)(CCCC)CC(=O)OCC. The molecule has 0 N–H and O–H groups in total. The summed E-state index contributed by atoms with van der Waals surface area (Å²) in [7, 11) is 0. The molecule has 114 valence electrons. The summed E-state index contributed by atoms with van der Waals surface area (Å²) in [5.41, 5.74) is 0.147. The average molecular weight is 270 g/mol. The Labute approximate surface area is 120 Å². The Morgan fingerprint density at radius 1 is 0.895 bits per heavy atom. The maximum absolute atomic E-state index is 11.7. The van der Waals surface area contributed by atoms with Crippen LogP contribution < -0.4 is 0 Å². The van der Waals surface area contributed by atoms with Crippen LogP contribution in [0, 0.1) is 5.41 Å². The standard InChI is InChI=1S/C17H34O2/c1-5-8-10-11-12-14-17(4,13-9-6-2)15-16(18)19-7-3/h5-15H2,1-4H3. The number of hydrogen-bond donors (Lipinski definition) is 0. The third-order valence-corrected chi connectivity index (χ3v) is 3.89. The van der Waals surface area contributed by atoms with E-state index in [9.17, 15) is 4.79 Å². The van der Waals surface area contributed by atoms with Crippen LogP contribution in [-0.4, -0.2) is 12.6 Å². The Morgan fingerprint density at radius 3 is 2.05 bits per heavy atom. The zero-order valence-electron chi connectivity index (χ0n) is 13.6. The Bertz CT molecular complexity index is 225. The Morgan fingerprint density at radius 2 is 1.47 bits per heavy atom. The first kappa shape index (κ1) is 18.5. The normalized spacial score (nSPS) is 14.1. The van der Waals surface area contributed by atoms with Gasteiger partial charge in [0.2, 0.25) is 0 Å². The maximum atomic E-state index is 11.7. The summed E-state index contributed by atoms with van der Waals surface area (Å²) in [6, 6.07) is 0. The van der Waals surface area contributed by atoms with Crippen molar-refractivity contribution in [2.75, 3.05) is 6.61 Å². The van der Waals surface area contributed by atoms with Gasteiger partial charge in [0.05, 0.1) is 13.0 Å². The quantitative estimate of drug-likeness (QED) is 0.346.